The van der Waals surface area contributed by atoms with Crippen molar-refractivity contribution in [2.45, 2.75) is 108 Å². The molecule has 1 aliphatic carbocycles. The molecule has 0 aliphatic heterocycles. The van der Waals surface area contributed by atoms with Crippen LogP contribution in [0, 0.1) is 0 Å². The third kappa shape index (κ3) is 9.72. The second-order valence-corrected chi connectivity index (χ2v) is 15.3. The number of hydrogen-bond acceptors (Lipinski definition) is 8. The number of rotatable bonds is 10. The Hall–Kier alpha value is -3.55. The van der Waals surface area contributed by atoms with Crippen molar-refractivity contribution in [2.75, 3.05) is 5.32 Å². The van der Waals surface area contributed by atoms with Crippen LogP contribution in [0.5, 0.6) is 0 Å². The molecule has 1 fully saturated rings. The van der Waals surface area contributed by atoms with Gasteiger partial charge in [-0.05, 0) is 91.0 Å². The van der Waals surface area contributed by atoms with Gasteiger partial charge in [0.1, 0.15) is 0 Å². The number of thiazole rings is 1. The van der Waals surface area contributed by atoms with Crippen LogP contribution in [0.3, 0.4) is 0 Å². The van der Waals surface area contributed by atoms with Gasteiger partial charge in [0.15, 0.2) is 0 Å². The van der Waals surface area contributed by atoms with Crippen molar-refractivity contribution in [3.8, 4) is 10.4 Å². The highest BCUT2D eigenvalue weighted by molar-refractivity contribution is 7.89. The van der Waals surface area contributed by atoms with E-state index in [1.54, 1.807) is 45.3 Å². The van der Waals surface area contributed by atoms with Crippen molar-refractivity contribution in [1.29, 1.82) is 0 Å². The quantitative estimate of drug-likeness (QED) is 0.189. The highest BCUT2D eigenvalue weighted by Gasteiger charge is 2.29. The molecule has 13 heteroatoms. The maximum absolute atomic E-state index is 13.7. The average molecular weight is 657 g/mol. The van der Waals surface area contributed by atoms with Gasteiger partial charge in [-0.1, -0.05) is 19.1 Å². The first-order valence-electron chi connectivity index (χ1n) is 15.3. The average Bonchev–Trinajstić information content (AvgIpc) is 3.45. The number of nitrogens with zero attached hydrogens (tertiary/aromatic N) is 2. The molecule has 2 heterocycles. The summed E-state index contributed by atoms with van der Waals surface area (Å²) in [6, 6.07) is 9.71. The normalized spacial score (nSPS) is 17.8. The molecular formula is C32H44N6O5S2. The Morgan fingerprint density at radius 1 is 1.07 bits per heavy atom. The van der Waals surface area contributed by atoms with Crippen LogP contribution in [0.25, 0.3) is 10.4 Å². The second kappa shape index (κ2) is 14.7. The number of benzene rings is 1. The number of nitrogens with one attached hydrogen (secondary N) is 4. The summed E-state index contributed by atoms with van der Waals surface area (Å²) < 4.78 is 35.3. The van der Waals surface area contributed by atoms with E-state index in [4.69, 9.17) is 4.74 Å². The lowest BCUT2D eigenvalue weighted by molar-refractivity contribution is 0.109. The molecule has 4 N–H and O–H groups in total. The molecule has 3 amide bonds. The van der Waals surface area contributed by atoms with E-state index in [9.17, 15) is 18.0 Å². The van der Waals surface area contributed by atoms with E-state index < -0.39 is 27.7 Å². The van der Waals surface area contributed by atoms with Crippen molar-refractivity contribution in [2.24, 2.45) is 0 Å². The minimum Gasteiger partial charge on any atom is -0.447 e. The van der Waals surface area contributed by atoms with Crippen molar-refractivity contribution in [3.05, 3.63) is 59.5 Å². The number of sulfonamides is 1. The van der Waals surface area contributed by atoms with E-state index in [1.165, 1.54) is 17.4 Å². The fourth-order valence-electron chi connectivity index (χ4n) is 5.28. The minimum atomic E-state index is -3.97. The van der Waals surface area contributed by atoms with Gasteiger partial charge in [0, 0.05) is 41.1 Å². The van der Waals surface area contributed by atoms with Crippen molar-refractivity contribution < 1.29 is 22.7 Å². The second-order valence-electron chi connectivity index (χ2n) is 12.6. The molecule has 1 atom stereocenters. The first kappa shape index (κ1) is 34.3. The van der Waals surface area contributed by atoms with Gasteiger partial charge in [0.25, 0.3) is 0 Å². The van der Waals surface area contributed by atoms with Gasteiger partial charge in [-0.2, -0.15) is 0 Å². The van der Waals surface area contributed by atoms with Crippen LogP contribution in [0.15, 0.2) is 53.7 Å². The zero-order valence-electron chi connectivity index (χ0n) is 26.7. The maximum Gasteiger partial charge on any atom is 0.407 e. The molecule has 2 aromatic heterocycles. The van der Waals surface area contributed by atoms with E-state index in [0.717, 1.165) is 41.3 Å². The molecule has 0 bridgehead atoms. The van der Waals surface area contributed by atoms with Crippen molar-refractivity contribution in [1.82, 2.24) is 25.3 Å². The lowest BCUT2D eigenvalue weighted by atomic mass is 9.86. The predicted octanol–water partition coefficient (Wildman–Crippen LogP) is 6.72. The first-order chi connectivity index (χ1) is 21.2. The Bertz CT molecular complexity index is 1560. The summed E-state index contributed by atoms with van der Waals surface area (Å²) >= 11 is 1.47. The molecule has 244 valence electrons. The Morgan fingerprint density at radius 2 is 1.80 bits per heavy atom. The summed E-state index contributed by atoms with van der Waals surface area (Å²) in [5, 5.41) is 9.59. The smallest absolute Gasteiger partial charge is 0.407 e. The van der Waals surface area contributed by atoms with Gasteiger partial charge in [-0.3, -0.25) is 4.98 Å². The Morgan fingerprint density at radius 3 is 2.42 bits per heavy atom. The molecule has 1 saturated carbocycles. The monoisotopic (exact) mass is 656 g/mol. The van der Waals surface area contributed by atoms with Gasteiger partial charge >= 0.3 is 12.1 Å². The molecule has 11 nitrogen and oxygen atoms in total. The molecule has 1 aliphatic rings. The van der Waals surface area contributed by atoms with E-state index in [1.807, 2.05) is 39.0 Å². The zero-order valence-corrected chi connectivity index (χ0v) is 28.3. The number of urea groups is 1. The van der Waals surface area contributed by atoms with Gasteiger partial charge in [0.2, 0.25) is 10.0 Å². The summed E-state index contributed by atoms with van der Waals surface area (Å²) in [5.74, 6) is 0.214. The lowest BCUT2D eigenvalue weighted by Gasteiger charge is -2.28. The van der Waals surface area contributed by atoms with Gasteiger partial charge in [-0.25, -0.2) is 27.7 Å². The number of anilines is 1. The highest BCUT2D eigenvalue weighted by Crippen LogP contribution is 2.40. The molecule has 1 aromatic carbocycles. The topological polar surface area (TPSA) is 151 Å². The van der Waals surface area contributed by atoms with E-state index >= 15 is 0 Å². The van der Waals surface area contributed by atoms with Crippen LogP contribution >= 0.6 is 11.3 Å². The summed E-state index contributed by atoms with van der Waals surface area (Å²) in [6.45, 7) is 10.9. The molecule has 4 rings (SSSR count). The van der Waals surface area contributed by atoms with Crippen molar-refractivity contribution in [3.63, 3.8) is 0 Å². The number of hydrogen-bond donors (Lipinski definition) is 4. The van der Waals surface area contributed by atoms with E-state index in [0.29, 0.717) is 17.7 Å². The van der Waals surface area contributed by atoms with Crippen LogP contribution in [0.4, 0.5) is 15.3 Å². The molecule has 3 aromatic rings. The number of ether oxygens (including phenoxy) is 1. The molecule has 0 saturated heterocycles. The third-order valence-corrected chi connectivity index (χ3v) is 10.2. The lowest BCUT2D eigenvalue weighted by Crippen LogP contribution is -2.40. The number of alkyl carbamates (subject to hydrolysis) is 1. The van der Waals surface area contributed by atoms with E-state index in [2.05, 4.69) is 30.6 Å². The third-order valence-electron chi connectivity index (χ3n) is 7.26. The summed E-state index contributed by atoms with van der Waals surface area (Å²) in [7, 11) is -3.97. The molecular weight excluding hydrogens is 613 g/mol. The Labute approximate surface area is 270 Å². The minimum absolute atomic E-state index is 0.0544. The van der Waals surface area contributed by atoms with Crippen LogP contribution in [-0.2, 0) is 14.8 Å². The standard InChI is InChI=1S/C32H44N6O5S2/c1-7-25(26-10-8-9-17-33-26)37-30(39)35-23-15-16-24(28(18-23)45(41,42)38-32(4,5)6)27-19-34-29(44-27)21-11-13-22(14-12-21)36-31(40)43-20(2)3/h8-10,15-22,25,38H,7,11-14H2,1-6H3,(H,36,40)(H2,35,37,39)/t21-,22-,25-/m0/s1. The summed E-state index contributed by atoms with van der Waals surface area (Å²) in [4.78, 5) is 34.8. The van der Waals surface area contributed by atoms with Crippen LogP contribution in [0.1, 0.15) is 96.3 Å². The number of amides is 3. The van der Waals surface area contributed by atoms with Crippen LogP contribution in [-0.4, -0.2) is 48.2 Å². The first-order valence-corrected chi connectivity index (χ1v) is 17.6. The molecule has 0 radical (unpaired) electrons. The van der Waals surface area contributed by atoms with Crippen LogP contribution < -0.4 is 20.7 Å². The van der Waals surface area contributed by atoms with E-state index in [-0.39, 0.29) is 29.0 Å². The fraction of sp³-hybridized carbons (Fsp3) is 0.500. The predicted molar refractivity (Wildman–Crippen MR) is 177 cm³/mol. The zero-order chi connectivity index (χ0) is 32.8. The van der Waals surface area contributed by atoms with Crippen molar-refractivity contribution >= 4 is 39.2 Å². The summed E-state index contributed by atoms with van der Waals surface area (Å²) in [6.07, 6.45) is 6.79. The molecule has 0 spiro atoms. The Kier molecular flexibility index (Phi) is 11.2. The fourth-order valence-corrected chi connectivity index (χ4v) is 8.13. The summed E-state index contributed by atoms with van der Waals surface area (Å²) in [5.41, 5.74) is 0.866. The van der Waals surface area contributed by atoms with Gasteiger partial charge in [-0.15, -0.1) is 11.3 Å². The van der Waals surface area contributed by atoms with Crippen LogP contribution in [0.2, 0.25) is 0 Å². The number of carbonyl (C=O) groups excluding carboxylic acids is 2. The maximum atomic E-state index is 13.7. The number of carbonyl (C=O) groups is 2. The highest BCUT2D eigenvalue weighted by atomic mass is 32.2. The van der Waals surface area contributed by atoms with Gasteiger partial charge < -0.3 is 20.7 Å². The SMILES string of the molecule is CC[C@H](NC(=O)Nc1ccc(-c2cnc([C@H]3CC[C@H](NC(=O)OC(C)C)CC3)s2)c(S(=O)(=O)NC(C)(C)C)c1)c1ccccn1. The number of pyridine rings is 1. The largest absolute Gasteiger partial charge is 0.447 e. The molecule has 45 heavy (non-hydrogen) atoms. The molecule has 0 unspecified atom stereocenters. The van der Waals surface area contributed by atoms with Gasteiger partial charge in [0.05, 0.1) is 32.6 Å². The Balaban J connectivity index is 1.53. The number of aromatic nitrogens is 2.